The normalized spacial score (nSPS) is 12.2. The lowest BCUT2D eigenvalue weighted by Crippen LogP contribution is -2.35. The highest BCUT2D eigenvalue weighted by atomic mass is 16.5. The third kappa shape index (κ3) is 3.30. The van der Waals surface area contributed by atoms with Gasteiger partial charge in [-0.1, -0.05) is 0 Å². The fourth-order valence-corrected chi connectivity index (χ4v) is 2.28. The molecule has 0 saturated heterocycles. The molecule has 0 aliphatic heterocycles. The molecule has 1 aromatic carbocycles. The molecule has 2 aromatic rings. The third-order valence-corrected chi connectivity index (χ3v) is 3.70. The summed E-state index contributed by atoms with van der Waals surface area (Å²) in [5.74, 6) is -0.680. The molecule has 2 rings (SSSR count). The molecule has 1 amide bonds. The number of carbonyl (C=O) groups is 2. The minimum Gasteiger partial charge on any atom is -0.464 e. The van der Waals surface area contributed by atoms with E-state index in [4.69, 9.17) is 9.15 Å². The largest absolute Gasteiger partial charge is 0.464 e. The number of carbonyl (C=O) groups excluding carboxylic acids is 2. The van der Waals surface area contributed by atoms with Crippen LogP contribution in [0.1, 0.15) is 23.6 Å². The van der Waals surface area contributed by atoms with Gasteiger partial charge < -0.3 is 14.1 Å². The maximum atomic E-state index is 12.0. The minimum atomic E-state index is -0.787. The molecule has 0 spiro atoms. The van der Waals surface area contributed by atoms with E-state index in [-0.39, 0.29) is 12.3 Å². The standard InChI is InChI=1S/C17H21NO4/c1-10-6-14-13(9-21-15(14)7-11(10)2)8-16(19)22-12(3)17(20)18(4)5/h6-7,9,12H,8H2,1-5H3/t12-/m1/s1. The van der Waals surface area contributed by atoms with Gasteiger partial charge in [-0.2, -0.15) is 0 Å². The van der Waals surface area contributed by atoms with Gasteiger partial charge >= 0.3 is 5.97 Å². The third-order valence-electron chi connectivity index (χ3n) is 3.70. The molecule has 0 radical (unpaired) electrons. The Morgan fingerprint density at radius 2 is 1.86 bits per heavy atom. The molecule has 1 atom stereocenters. The number of benzene rings is 1. The fourth-order valence-electron chi connectivity index (χ4n) is 2.28. The van der Waals surface area contributed by atoms with Crippen molar-refractivity contribution in [1.82, 2.24) is 4.90 Å². The van der Waals surface area contributed by atoms with Gasteiger partial charge in [-0.05, 0) is 44.0 Å². The zero-order valence-electron chi connectivity index (χ0n) is 13.6. The second-order valence-electron chi connectivity index (χ2n) is 5.74. The first-order valence-electron chi connectivity index (χ1n) is 7.17. The van der Waals surface area contributed by atoms with Crippen LogP contribution < -0.4 is 0 Å². The number of ether oxygens (including phenoxy) is 1. The summed E-state index contributed by atoms with van der Waals surface area (Å²) in [5.41, 5.74) is 3.80. The fraction of sp³-hybridized carbons (Fsp3) is 0.412. The summed E-state index contributed by atoms with van der Waals surface area (Å²) >= 11 is 0. The van der Waals surface area contributed by atoms with Crippen LogP contribution in [-0.4, -0.2) is 37.0 Å². The maximum Gasteiger partial charge on any atom is 0.311 e. The van der Waals surface area contributed by atoms with Gasteiger partial charge in [0, 0.05) is 25.0 Å². The summed E-state index contributed by atoms with van der Waals surface area (Å²) in [6.45, 7) is 5.60. The van der Waals surface area contributed by atoms with Crippen LogP contribution >= 0.6 is 0 Å². The Bertz CT molecular complexity index is 715. The molecule has 0 saturated carbocycles. The van der Waals surface area contributed by atoms with Gasteiger partial charge in [0.05, 0.1) is 12.7 Å². The summed E-state index contributed by atoms with van der Waals surface area (Å²) in [4.78, 5) is 25.1. The Hall–Kier alpha value is -2.30. The molecule has 0 fully saturated rings. The summed E-state index contributed by atoms with van der Waals surface area (Å²) in [5, 5.41) is 0.909. The number of esters is 1. The van der Waals surface area contributed by atoms with Crippen LogP contribution in [0.3, 0.4) is 0 Å². The predicted molar refractivity (Wildman–Crippen MR) is 83.6 cm³/mol. The van der Waals surface area contributed by atoms with Crippen LogP contribution in [0, 0.1) is 13.8 Å². The maximum absolute atomic E-state index is 12.0. The summed E-state index contributed by atoms with van der Waals surface area (Å²) in [7, 11) is 3.25. The molecule has 1 aromatic heterocycles. The van der Waals surface area contributed by atoms with E-state index < -0.39 is 12.1 Å². The van der Waals surface area contributed by atoms with E-state index in [1.54, 1.807) is 27.3 Å². The predicted octanol–water partition coefficient (Wildman–Crippen LogP) is 2.61. The van der Waals surface area contributed by atoms with E-state index in [0.29, 0.717) is 0 Å². The molecule has 22 heavy (non-hydrogen) atoms. The number of fused-ring (bicyclic) bond motifs is 1. The van der Waals surface area contributed by atoms with Gasteiger partial charge in [-0.15, -0.1) is 0 Å². The van der Waals surface area contributed by atoms with Gasteiger partial charge in [0.15, 0.2) is 6.10 Å². The smallest absolute Gasteiger partial charge is 0.311 e. The molecule has 0 N–H and O–H groups in total. The lowest BCUT2D eigenvalue weighted by Gasteiger charge is -2.17. The number of amides is 1. The average molecular weight is 303 g/mol. The van der Waals surface area contributed by atoms with Crippen molar-refractivity contribution in [2.75, 3.05) is 14.1 Å². The van der Waals surface area contributed by atoms with Gasteiger partial charge in [0.1, 0.15) is 5.58 Å². The highest BCUT2D eigenvalue weighted by Gasteiger charge is 2.20. The number of aryl methyl sites for hydroxylation is 2. The quantitative estimate of drug-likeness (QED) is 0.815. The highest BCUT2D eigenvalue weighted by molar-refractivity contribution is 5.88. The van der Waals surface area contributed by atoms with Gasteiger partial charge in [-0.25, -0.2) is 0 Å². The van der Waals surface area contributed by atoms with Crippen molar-refractivity contribution in [3.05, 3.63) is 35.1 Å². The lowest BCUT2D eigenvalue weighted by molar-refractivity contribution is -0.157. The number of likely N-dealkylation sites (N-methyl/N-ethyl adjacent to an activating group) is 1. The lowest BCUT2D eigenvalue weighted by atomic mass is 10.0. The molecular formula is C17H21NO4. The van der Waals surface area contributed by atoms with Gasteiger partial charge in [0.2, 0.25) is 0 Å². The first-order valence-corrected chi connectivity index (χ1v) is 7.17. The van der Waals surface area contributed by atoms with Crippen molar-refractivity contribution < 1.29 is 18.7 Å². The van der Waals surface area contributed by atoms with Crippen molar-refractivity contribution in [2.24, 2.45) is 0 Å². The van der Waals surface area contributed by atoms with E-state index in [1.807, 2.05) is 26.0 Å². The molecule has 0 aliphatic carbocycles. The first kappa shape index (κ1) is 16.1. The second-order valence-corrected chi connectivity index (χ2v) is 5.74. The highest BCUT2D eigenvalue weighted by Crippen LogP contribution is 2.25. The van der Waals surface area contributed by atoms with E-state index in [1.165, 1.54) is 4.90 Å². The van der Waals surface area contributed by atoms with E-state index in [2.05, 4.69) is 0 Å². The molecule has 0 aliphatic rings. The monoisotopic (exact) mass is 303 g/mol. The molecule has 5 nitrogen and oxygen atoms in total. The van der Waals surface area contributed by atoms with Crippen LogP contribution in [0.4, 0.5) is 0 Å². The molecule has 118 valence electrons. The Morgan fingerprint density at radius 1 is 1.23 bits per heavy atom. The number of rotatable bonds is 4. The molecule has 0 unspecified atom stereocenters. The Morgan fingerprint density at radius 3 is 2.50 bits per heavy atom. The van der Waals surface area contributed by atoms with Crippen molar-refractivity contribution >= 4 is 22.8 Å². The SMILES string of the molecule is Cc1cc2occ(CC(=O)O[C@H](C)C(=O)N(C)C)c2cc1C. The van der Waals surface area contributed by atoms with Gasteiger partial charge in [-0.3, -0.25) is 9.59 Å². The molecule has 1 heterocycles. The molecular weight excluding hydrogens is 282 g/mol. The van der Waals surface area contributed by atoms with Crippen molar-refractivity contribution in [3.8, 4) is 0 Å². The molecule has 5 heteroatoms. The van der Waals surface area contributed by atoms with E-state index in [0.717, 1.165) is 27.7 Å². The van der Waals surface area contributed by atoms with Crippen LogP contribution in [0.25, 0.3) is 11.0 Å². The Kier molecular flexibility index (Phi) is 4.54. The van der Waals surface area contributed by atoms with Crippen molar-refractivity contribution in [3.63, 3.8) is 0 Å². The van der Waals surface area contributed by atoms with Crippen LogP contribution in [0.5, 0.6) is 0 Å². The summed E-state index contributed by atoms with van der Waals surface area (Å²) in [6.07, 6.45) is 0.869. The van der Waals surface area contributed by atoms with E-state index >= 15 is 0 Å². The van der Waals surface area contributed by atoms with Gasteiger partial charge in [0.25, 0.3) is 5.91 Å². The Labute approximate surface area is 129 Å². The topological polar surface area (TPSA) is 59.8 Å². The van der Waals surface area contributed by atoms with Crippen LogP contribution in [0.2, 0.25) is 0 Å². The molecule has 0 bridgehead atoms. The van der Waals surface area contributed by atoms with E-state index in [9.17, 15) is 9.59 Å². The van der Waals surface area contributed by atoms with Crippen LogP contribution in [0.15, 0.2) is 22.8 Å². The minimum absolute atomic E-state index is 0.0839. The summed E-state index contributed by atoms with van der Waals surface area (Å²) in [6, 6.07) is 3.96. The summed E-state index contributed by atoms with van der Waals surface area (Å²) < 4.78 is 10.7. The van der Waals surface area contributed by atoms with Crippen molar-refractivity contribution in [2.45, 2.75) is 33.3 Å². The second kappa shape index (κ2) is 6.22. The first-order chi connectivity index (χ1) is 10.3. The number of furan rings is 1. The number of hydrogen-bond acceptors (Lipinski definition) is 4. The average Bonchev–Trinajstić information content (AvgIpc) is 2.80. The zero-order valence-corrected chi connectivity index (χ0v) is 13.6. The number of hydrogen-bond donors (Lipinski definition) is 0. The van der Waals surface area contributed by atoms with Crippen LogP contribution in [-0.2, 0) is 20.7 Å². The zero-order chi connectivity index (χ0) is 16.4. The number of nitrogens with zero attached hydrogens (tertiary/aromatic N) is 1. The Balaban J connectivity index is 2.12. The van der Waals surface area contributed by atoms with Crippen molar-refractivity contribution in [1.29, 1.82) is 0 Å².